The molecule has 9 heavy (non-hydrogen) atoms. The summed E-state index contributed by atoms with van der Waals surface area (Å²) in [7, 11) is 0. The van der Waals surface area contributed by atoms with Crippen molar-refractivity contribution in [2.75, 3.05) is 0 Å². The smallest absolute Gasteiger partial charge is 0.129 e. The van der Waals surface area contributed by atoms with Crippen LogP contribution < -0.4 is 0 Å². The molecule has 0 radical (unpaired) electrons. The first-order valence-corrected chi connectivity index (χ1v) is 3.34. The van der Waals surface area contributed by atoms with Crippen LogP contribution in [0.3, 0.4) is 0 Å². The normalized spacial score (nSPS) is 9.67. The molecule has 0 aliphatic rings. The quantitative estimate of drug-likeness (QED) is 0.453. The molecule has 3 heteroatoms. The monoisotopic (exact) mass is 159 g/mol. The summed E-state index contributed by atoms with van der Waals surface area (Å²) in [6, 6.07) is 1.78. The molecule has 0 spiro atoms. The number of pyridine rings is 1. The summed E-state index contributed by atoms with van der Waals surface area (Å²) in [4.78, 5) is 4.70. The Bertz CT molecular complexity index is 224. The highest BCUT2D eigenvalue weighted by molar-refractivity contribution is 7.80. The van der Waals surface area contributed by atoms with Crippen molar-refractivity contribution in [1.82, 2.24) is 4.98 Å². The number of thiol groups is 1. The van der Waals surface area contributed by atoms with E-state index in [0.29, 0.717) is 5.15 Å². The van der Waals surface area contributed by atoms with Crippen molar-refractivity contribution in [3.63, 3.8) is 0 Å². The van der Waals surface area contributed by atoms with Crippen LogP contribution in [0.2, 0.25) is 5.15 Å². The van der Waals surface area contributed by atoms with Crippen LogP contribution in [0.25, 0.3) is 0 Å². The van der Waals surface area contributed by atoms with Crippen molar-refractivity contribution in [3.05, 3.63) is 23.0 Å². The number of nitrogens with zero attached hydrogens (tertiary/aromatic N) is 1. The van der Waals surface area contributed by atoms with Crippen molar-refractivity contribution in [2.24, 2.45) is 0 Å². The zero-order chi connectivity index (χ0) is 6.85. The van der Waals surface area contributed by atoms with Gasteiger partial charge in [-0.3, -0.25) is 0 Å². The second-order valence-electron chi connectivity index (χ2n) is 1.79. The first-order chi connectivity index (χ1) is 4.20. The standard InChI is InChI=1S/C6H6ClNS/c1-4-2-6(7)8-3-5(4)9/h2-3,9H,1H3. The first-order valence-electron chi connectivity index (χ1n) is 2.51. The van der Waals surface area contributed by atoms with Crippen molar-refractivity contribution >= 4 is 24.2 Å². The Morgan fingerprint density at radius 2 is 2.33 bits per heavy atom. The molecule has 0 N–H and O–H groups in total. The lowest BCUT2D eigenvalue weighted by molar-refractivity contribution is 1.18. The summed E-state index contributed by atoms with van der Waals surface area (Å²) < 4.78 is 0. The molecule has 0 unspecified atom stereocenters. The Morgan fingerprint density at radius 3 is 2.78 bits per heavy atom. The molecule has 1 aromatic heterocycles. The van der Waals surface area contributed by atoms with E-state index in [1.165, 1.54) is 0 Å². The number of aryl methyl sites for hydroxylation is 1. The van der Waals surface area contributed by atoms with E-state index in [9.17, 15) is 0 Å². The molecule has 1 heterocycles. The first kappa shape index (κ1) is 6.90. The topological polar surface area (TPSA) is 12.9 Å². The van der Waals surface area contributed by atoms with E-state index in [1.807, 2.05) is 6.92 Å². The van der Waals surface area contributed by atoms with E-state index < -0.39 is 0 Å². The molecule has 0 fully saturated rings. The third-order valence-electron chi connectivity index (χ3n) is 1.05. The van der Waals surface area contributed by atoms with Crippen molar-refractivity contribution in [2.45, 2.75) is 11.8 Å². The molecule has 0 amide bonds. The lowest BCUT2D eigenvalue weighted by atomic mass is 10.3. The highest BCUT2D eigenvalue weighted by Crippen LogP contribution is 2.14. The van der Waals surface area contributed by atoms with Gasteiger partial charge < -0.3 is 0 Å². The van der Waals surface area contributed by atoms with E-state index in [-0.39, 0.29) is 0 Å². The second kappa shape index (κ2) is 2.58. The molecule has 0 aliphatic carbocycles. The summed E-state index contributed by atoms with van der Waals surface area (Å²) in [5, 5.41) is 0.519. The summed E-state index contributed by atoms with van der Waals surface area (Å²) in [5.41, 5.74) is 1.05. The molecular weight excluding hydrogens is 154 g/mol. The lowest BCUT2D eigenvalue weighted by Crippen LogP contribution is -1.78. The Morgan fingerprint density at radius 1 is 1.67 bits per heavy atom. The van der Waals surface area contributed by atoms with E-state index >= 15 is 0 Å². The maximum atomic E-state index is 5.57. The zero-order valence-corrected chi connectivity index (χ0v) is 6.58. The minimum atomic E-state index is 0.519. The predicted octanol–water partition coefficient (Wildman–Crippen LogP) is 2.33. The summed E-state index contributed by atoms with van der Waals surface area (Å²) >= 11 is 9.70. The van der Waals surface area contributed by atoms with Gasteiger partial charge in [0, 0.05) is 11.1 Å². The van der Waals surface area contributed by atoms with Gasteiger partial charge in [-0.25, -0.2) is 4.98 Å². The van der Waals surface area contributed by atoms with Crippen LogP contribution in [0.4, 0.5) is 0 Å². The number of rotatable bonds is 0. The van der Waals surface area contributed by atoms with Crippen LogP contribution in [-0.4, -0.2) is 4.98 Å². The summed E-state index contributed by atoms with van der Waals surface area (Å²) in [6.07, 6.45) is 1.64. The highest BCUT2D eigenvalue weighted by Gasteiger charge is 1.92. The highest BCUT2D eigenvalue weighted by atomic mass is 35.5. The van der Waals surface area contributed by atoms with Gasteiger partial charge in [0.25, 0.3) is 0 Å². The maximum Gasteiger partial charge on any atom is 0.129 e. The van der Waals surface area contributed by atoms with Crippen LogP contribution in [0, 0.1) is 6.92 Å². The van der Waals surface area contributed by atoms with Gasteiger partial charge >= 0.3 is 0 Å². The largest absolute Gasteiger partial charge is 0.243 e. The number of halogens is 1. The minimum absolute atomic E-state index is 0.519. The van der Waals surface area contributed by atoms with E-state index in [1.54, 1.807) is 12.3 Å². The fourth-order valence-electron chi connectivity index (χ4n) is 0.514. The summed E-state index contributed by atoms with van der Waals surface area (Å²) in [5.74, 6) is 0. The molecule has 48 valence electrons. The fraction of sp³-hybridized carbons (Fsp3) is 0.167. The molecule has 1 aromatic rings. The molecule has 0 aromatic carbocycles. The Hall–Kier alpha value is -0.210. The Labute approximate surface area is 64.5 Å². The molecule has 0 atom stereocenters. The predicted molar refractivity (Wildman–Crippen MR) is 41.2 cm³/mol. The SMILES string of the molecule is Cc1cc(Cl)ncc1S. The van der Waals surface area contributed by atoms with E-state index in [4.69, 9.17) is 11.6 Å². The van der Waals surface area contributed by atoms with Gasteiger partial charge in [-0.2, -0.15) is 0 Å². The van der Waals surface area contributed by atoms with E-state index in [0.717, 1.165) is 10.5 Å². The molecule has 0 bridgehead atoms. The van der Waals surface area contributed by atoms with Gasteiger partial charge in [0.1, 0.15) is 5.15 Å². The number of hydrogen-bond acceptors (Lipinski definition) is 2. The molecule has 1 nitrogen and oxygen atoms in total. The van der Waals surface area contributed by atoms with Gasteiger partial charge in [-0.1, -0.05) is 11.6 Å². The van der Waals surface area contributed by atoms with E-state index in [2.05, 4.69) is 17.6 Å². The van der Waals surface area contributed by atoms with Crippen LogP contribution in [-0.2, 0) is 0 Å². The second-order valence-corrected chi connectivity index (χ2v) is 2.66. The lowest BCUT2D eigenvalue weighted by Gasteiger charge is -1.95. The van der Waals surface area contributed by atoms with Crippen LogP contribution in [0.1, 0.15) is 5.56 Å². The average Bonchev–Trinajstić information content (AvgIpc) is 1.80. The summed E-state index contributed by atoms with van der Waals surface area (Å²) in [6.45, 7) is 1.94. The van der Waals surface area contributed by atoms with Gasteiger partial charge in [-0.15, -0.1) is 12.6 Å². The Kier molecular flexibility index (Phi) is 1.98. The third kappa shape index (κ3) is 1.60. The molecule has 1 rings (SSSR count). The molecule has 0 saturated heterocycles. The number of aromatic nitrogens is 1. The van der Waals surface area contributed by atoms with Gasteiger partial charge in [-0.05, 0) is 18.6 Å². The molecular formula is C6H6ClNS. The third-order valence-corrected chi connectivity index (χ3v) is 1.72. The van der Waals surface area contributed by atoms with Crippen LogP contribution >= 0.6 is 24.2 Å². The zero-order valence-electron chi connectivity index (χ0n) is 4.93. The van der Waals surface area contributed by atoms with Gasteiger partial charge in [0.2, 0.25) is 0 Å². The minimum Gasteiger partial charge on any atom is -0.243 e. The van der Waals surface area contributed by atoms with Crippen LogP contribution in [0.5, 0.6) is 0 Å². The van der Waals surface area contributed by atoms with Gasteiger partial charge in [0.05, 0.1) is 0 Å². The average molecular weight is 160 g/mol. The van der Waals surface area contributed by atoms with Crippen molar-refractivity contribution in [3.8, 4) is 0 Å². The van der Waals surface area contributed by atoms with Crippen molar-refractivity contribution in [1.29, 1.82) is 0 Å². The van der Waals surface area contributed by atoms with Gasteiger partial charge in [0.15, 0.2) is 0 Å². The molecule has 0 aliphatic heterocycles. The van der Waals surface area contributed by atoms with Crippen LogP contribution in [0.15, 0.2) is 17.2 Å². The molecule has 0 saturated carbocycles. The number of hydrogen-bond donors (Lipinski definition) is 1. The maximum absolute atomic E-state index is 5.57. The fourth-order valence-corrected chi connectivity index (χ4v) is 0.849. The van der Waals surface area contributed by atoms with Crippen molar-refractivity contribution < 1.29 is 0 Å². The Balaban J connectivity index is 3.17.